The maximum atomic E-state index is 2.37. The summed E-state index contributed by atoms with van der Waals surface area (Å²) in [5, 5.41) is 0. The molecule has 0 saturated carbocycles. The highest BCUT2D eigenvalue weighted by molar-refractivity contribution is 5.69. The first-order chi connectivity index (χ1) is 11.2. The van der Waals surface area contributed by atoms with Crippen LogP contribution in [0, 0.1) is 6.92 Å². The van der Waals surface area contributed by atoms with Crippen LogP contribution in [0.2, 0.25) is 0 Å². The van der Waals surface area contributed by atoms with Gasteiger partial charge in [-0.1, -0.05) is 55.5 Å². The molecular weight excluding hydrogens is 278 g/mol. The standard InChI is InChI=1S/C22H24N/c1-4-18-15-22(20-14-10-9-11-17(20)3)23(5-2)16-21(18)19-12-7-6-8-13-19/h6-16H,4-5H2,1-3H3/q+1. The van der Waals surface area contributed by atoms with Crippen molar-refractivity contribution in [1.82, 2.24) is 0 Å². The Morgan fingerprint density at radius 1 is 0.826 bits per heavy atom. The Bertz CT molecular complexity index is 803. The molecule has 0 bridgehead atoms. The number of rotatable bonds is 4. The third-order valence-corrected chi connectivity index (χ3v) is 4.48. The Hall–Kier alpha value is -2.41. The molecule has 116 valence electrons. The van der Waals surface area contributed by atoms with Crippen molar-refractivity contribution in [3.8, 4) is 22.4 Å². The lowest BCUT2D eigenvalue weighted by Crippen LogP contribution is -2.35. The number of aromatic nitrogens is 1. The van der Waals surface area contributed by atoms with E-state index in [1.165, 1.54) is 33.5 Å². The van der Waals surface area contributed by atoms with Crippen LogP contribution in [0.1, 0.15) is 25.0 Å². The predicted molar refractivity (Wildman–Crippen MR) is 97.3 cm³/mol. The molecule has 3 rings (SSSR count). The highest BCUT2D eigenvalue weighted by Crippen LogP contribution is 2.28. The normalized spacial score (nSPS) is 10.7. The first-order valence-electron chi connectivity index (χ1n) is 8.42. The second-order valence-electron chi connectivity index (χ2n) is 5.92. The molecule has 2 aromatic carbocycles. The van der Waals surface area contributed by atoms with E-state index in [4.69, 9.17) is 0 Å². The molecule has 0 aliphatic carbocycles. The molecule has 0 aliphatic rings. The smallest absolute Gasteiger partial charge is 0.198 e. The predicted octanol–water partition coefficient (Wildman–Crippen LogP) is 5.20. The monoisotopic (exact) mass is 302 g/mol. The second-order valence-corrected chi connectivity index (χ2v) is 5.92. The first-order valence-corrected chi connectivity index (χ1v) is 8.42. The van der Waals surface area contributed by atoms with E-state index in [9.17, 15) is 0 Å². The minimum Gasteiger partial charge on any atom is -0.198 e. The third-order valence-electron chi connectivity index (χ3n) is 4.48. The highest BCUT2D eigenvalue weighted by atomic mass is 14.9. The number of hydrogen-bond acceptors (Lipinski definition) is 0. The molecule has 0 N–H and O–H groups in total. The summed E-state index contributed by atoms with van der Waals surface area (Å²) in [5.74, 6) is 0. The third kappa shape index (κ3) is 3.05. The van der Waals surface area contributed by atoms with Crippen molar-refractivity contribution in [2.75, 3.05) is 0 Å². The van der Waals surface area contributed by atoms with E-state index in [-0.39, 0.29) is 0 Å². The molecule has 1 aromatic heterocycles. The van der Waals surface area contributed by atoms with Crippen LogP contribution in [0.3, 0.4) is 0 Å². The van der Waals surface area contributed by atoms with Gasteiger partial charge in [-0.3, -0.25) is 0 Å². The van der Waals surface area contributed by atoms with Gasteiger partial charge in [0.15, 0.2) is 6.20 Å². The lowest BCUT2D eigenvalue weighted by atomic mass is 9.96. The van der Waals surface area contributed by atoms with Gasteiger partial charge in [-0.25, -0.2) is 0 Å². The van der Waals surface area contributed by atoms with Gasteiger partial charge in [0.05, 0.1) is 0 Å². The van der Waals surface area contributed by atoms with Crippen LogP contribution >= 0.6 is 0 Å². The van der Waals surface area contributed by atoms with Gasteiger partial charge in [-0.05, 0) is 43.0 Å². The van der Waals surface area contributed by atoms with E-state index in [0.29, 0.717) is 0 Å². The number of nitrogens with zero attached hydrogens (tertiary/aromatic N) is 1. The van der Waals surface area contributed by atoms with Gasteiger partial charge in [0.2, 0.25) is 5.69 Å². The molecule has 0 spiro atoms. The van der Waals surface area contributed by atoms with Crippen LogP contribution in [-0.2, 0) is 13.0 Å². The summed E-state index contributed by atoms with van der Waals surface area (Å²) < 4.78 is 2.36. The van der Waals surface area contributed by atoms with Crippen LogP contribution in [0.25, 0.3) is 22.4 Å². The fourth-order valence-electron chi connectivity index (χ4n) is 3.16. The van der Waals surface area contributed by atoms with Gasteiger partial charge < -0.3 is 0 Å². The van der Waals surface area contributed by atoms with Crippen molar-refractivity contribution in [1.29, 1.82) is 0 Å². The summed E-state index contributed by atoms with van der Waals surface area (Å²) >= 11 is 0. The molecule has 0 amide bonds. The summed E-state index contributed by atoms with van der Waals surface area (Å²) in [5.41, 5.74) is 7.99. The van der Waals surface area contributed by atoms with E-state index < -0.39 is 0 Å². The largest absolute Gasteiger partial charge is 0.213 e. The Kier molecular flexibility index (Phi) is 4.57. The Morgan fingerprint density at radius 2 is 1.52 bits per heavy atom. The Balaban J connectivity index is 2.22. The highest BCUT2D eigenvalue weighted by Gasteiger charge is 2.18. The Morgan fingerprint density at radius 3 is 2.17 bits per heavy atom. The minimum atomic E-state index is 0.966. The number of benzene rings is 2. The molecule has 3 aromatic rings. The molecule has 1 nitrogen and oxygen atoms in total. The zero-order valence-corrected chi connectivity index (χ0v) is 14.2. The Labute approximate surface area is 139 Å². The summed E-state index contributed by atoms with van der Waals surface area (Å²) in [4.78, 5) is 0. The molecule has 1 heterocycles. The van der Waals surface area contributed by atoms with Crippen molar-refractivity contribution in [2.45, 2.75) is 33.7 Å². The molecule has 0 saturated heterocycles. The van der Waals surface area contributed by atoms with E-state index in [0.717, 1.165) is 13.0 Å². The number of pyridine rings is 1. The van der Waals surface area contributed by atoms with Gasteiger partial charge in [0.1, 0.15) is 6.54 Å². The average Bonchev–Trinajstić information content (AvgIpc) is 2.62. The minimum absolute atomic E-state index is 0.966. The van der Waals surface area contributed by atoms with Gasteiger partial charge in [0, 0.05) is 17.2 Å². The summed E-state index contributed by atoms with van der Waals surface area (Å²) in [6.45, 7) is 7.60. The van der Waals surface area contributed by atoms with Crippen molar-refractivity contribution >= 4 is 0 Å². The van der Waals surface area contributed by atoms with Crippen molar-refractivity contribution < 1.29 is 4.57 Å². The summed E-state index contributed by atoms with van der Waals surface area (Å²) in [6.07, 6.45) is 3.35. The zero-order valence-electron chi connectivity index (χ0n) is 14.2. The average molecular weight is 302 g/mol. The first kappa shape index (κ1) is 15.5. The van der Waals surface area contributed by atoms with Gasteiger partial charge in [-0.2, -0.15) is 4.57 Å². The zero-order chi connectivity index (χ0) is 16.2. The molecule has 0 radical (unpaired) electrons. The van der Waals surface area contributed by atoms with Crippen molar-refractivity contribution in [3.63, 3.8) is 0 Å². The molecular formula is C22H24N+. The van der Waals surface area contributed by atoms with Gasteiger partial charge in [0.25, 0.3) is 0 Å². The molecule has 1 heteroatoms. The second kappa shape index (κ2) is 6.78. The van der Waals surface area contributed by atoms with Gasteiger partial charge >= 0.3 is 0 Å². The fourth-order valence-corrected chi connectivity index (χ4v) is 3.16. The quantitative estimate of drug-likeness (QED) is 0.583. The molecule has 0 atom stereocenters. The van der Waals surface area contributed by atoms with Crippen LogP contribution in [0.5, 0.6) is 0 Å². The molecule has 0 fully saturated rings. The molecule has 23 heavy (non-hydrogen) atoms. The molecule has 0 unspecified atom stereocenters. The van der Waals surface area contributed by atoms with E-state index in [1.807, 2.05) is 0 Å². The van der Waals surface area contributed by atoms with Crippen molar-refractivity contribution in [2.24, 2.45) is 0 Å². The van der Waals surface area contributed by atoms with E-state index in [2.05, 4.69) is 92.2 Å². The van der Waals surface area contributed by atoms with Crippen LogP contribution < -0.4 is 4.57 Å². The topological polar surface area (TPSA) is 3.88 Å². The maximum absolute atomic E-state index is 2.37. The van der Waals surface area contributed by atoms with Gasteiger partial charge in [-0.15, -0.1) is 0 Å². The van der Waals surface area contributed by atoms with Crippen LogP contribution in [-0.4, -0.2) is 0 Å². The SMILES string of the molecule is CCc1cc(-c2ccccc2C)[n+](CC)cc1-c1ccccc1. The molecule has 0 aliphatic heterocycles. The fraction of sp³-hybridized carbons (Fsp3) is 0.227. The summed E-state index contributed by atoms with van der Waals surface area (Å²) in [7, 11) is 0. The van der Waals surface area contributed by atoms with E-state index >= 15 is 0 Å². The number of aryl methyl sites for hydroxylation is 3. The van der Waals surface area contributed by atoms with Crippen LogP contribution in [0.15, 0.2) is 66.9 Å². The maximum Gasteiger partial charge on any atom is 0.213 e. The van der Waals surface area contributed by atoms with E-state index in [1.54, 1.807) is 0 Å². The number of hydrogen-bond donors (Lipinski definition) is 0. The summed E-state index contributed by atoms with van der Waals surface area (Å²) in [6, 6.07) is 21.7. The lowest BCUT2D eigenvalue weighted by Gasteiger charge is -2.12. The van der Waals surface area contributed by atoms with Crippen molar-refractivity contribution in [3.05, 3.63) is 78.0 Å². The van der Waals surface area contributed by atoms with Crippen LogP contribution in [0.4, 0.5) is 0 Å². The lowest BCUT2D eigenvalue weighted by molar-refractivity contribution is -0.682.